The van der Waals surface area contributed by atoms with Gasteiger partial charge in [0, 0.05) is 11.1 Å². The van der Waals surface area contributed by atoms with Crippen LogP contribution >= 0.6 is 11.6 Å². The highest BCUT2D eigenvalue weighted by molar-refractivity contribution is 6.31. The van der Waals surface area contributed by atoms with Crippen molar-refractivity contribution in [3.63, 3.8) is 0 Å². The second-order valence-corrected chi connectivity index (χ2v) is 5.06. The molecule has 0 fully saturated rings. The van der Waals surface area contributed by atoms with Gasteiger partial charge in [-0.2, -0.15) is 10.4 Å². The van der Waals surface area contributed by atoms with Crippen LogP contribution in [0.1, 0.15) is 11.1 Å². The van der Waals surface area contributed by atoms with Crippen molar-refractivity contribution in [3.8, 4) is 23.0 Å². The fourth-order valence-corrected chi connectivity index (χ4v) is 2.45. The molecule has 1 aromatic heterocycles. The highest BCUT2D eigenvalue weighted by Gasteiger charge is 2.15. The maximum absolute atomic E-state index is 9.00. The summed E-state index contributed by atoms with van der Waals surface area (Å²) < 4.78 is 1.67. The Morgan fingerprint density at radius 1 is 1.10 bits per heavy atom. The molecule has 0 N–H and O–H groups in total. The minimum absolute atomic E-state index is 0.559. The van der Waals surface area contributed by atoms with Crippen LogP contribution in [0, 0.1) is 18.3 Å². The lowest BCUT2D eigenvalue weighted by Crippen LogP contribution is -1.97. The average Bonchev–Trinajstić information content (AvgIpc) is 2.84. The summed E-state index contributed by atoms with van der Waals surface area (Å²) in [6.45, 7) is 1.95. The lowest BCUT2D eigenvalue weighted by Gasteiger charge is -2.03. The lowest BCUT2D eigenvalue weighted by atomic mass is 10.1. The third-order valence-electron chi connectivity index (χ3n) is 3.32. The molecule has 0 radical (unpaired) electrons. The molecule has 0 aliphatic heterocycles. The van der Waals surface area contributed by atoms with Crippen molar-refractivity contribution < 1.29 is 0 Å². The third-order valence-corrected chi connectivity index (χ3v) is 3.76. The van der Waals surface area contributed by atoms with E-state index in [-0.39, 0.29) is 0 Å². The fourth-order valence-electron chi connectivity index (χ4n) is 2.22. The summed E-state index contributed by atoms with van der Waals surface area (Å²) in [5.74, 6) is 0. The van der Waals surface area contributed by atoms with Crippen molar-refractivity contribution in [2.45, 2.75) is 6.92 Å². The van der Waals surface area contributed by atoms with Gasteiger partial charge in [0.15, 0.2) is 0 Å². The van der Waals surface area contributed by atoms with Crippen LogP contribution in [0.5, 0.6) is 0 Å². The first-order valence-electron chi connectivity index (χ1n) is 6.52. The first kappa shape index (κ1) is 13.4. The van der Waals surface area contributed by atoms with Crippen molar-refractivity contribution in [2.75, 3.05) is 0 Å². The molecule has 0 amide bonds. The molecule has 3 aromatic rings. The van der Waals surface area contributed by atoms with E-state index in [1.165, 1.54) is 0 Å². The van der Waals surface area contributed by atoms with Gasteiger partial charge in [0.25, 0.3) is 0 Å². The van der Waals surface area contributed by atoms with Crippen LogP contribution in [0.2, 0.25) is 5.15 Å². The van der Waals surface area contributed by atoms with E-state index in [9.17, 15) is 0 Å². The van der Waals surface area contributed by atoms with Crippen LogP contribution in [-0.4, -0.2) is 9.78 Å². The molecule has 0 bridgehead atoms. The van der Waals surface area contributed by atoms with Gasteiger partial charge in [-0.15, -0.1) is 0 Å². The summed E-state index contributed by atoms with van der Waals surface area (Å²) in [6.07, 6.45) is 0. The van der Waals surface area contributed by atoms with E-state index < -0.39 is 0 Å². The predicted molar refractivity (Wildman–Crippen MR) is 83.5 cm³/mol. The molecular formula is C17H12ClN3. The van der Waals surface area contributed by atoms with Gasteiger partial charge in [0.2, 0.25) is 0 Å². The van der Waals surface area contributed by atoms with E-state index >= 15 is 0 Å². The highest BCUT2D eigenvalue weighted by atomic mass is 35.5. The zero-order valence-corrected chi connectivity index (χ0v) is 12.2. The number of nitrogens with zero attached hydrogens (tertiary/aromatic N) is 3. The first-order valence-corrected chi connectivity index (χ1v) is 6.89. The molecule has 0 spiro atoms. The largest absolute Gasteiger partial charge is 0.221 e. The van der Waals surface area contributed by atoms with Crippen molar-refractivity contribution in [1.29, 1.82) is 5.26 Å². The molecule has 0 unspecified atom stereocenters. The van der Waals surface area contributed by atoms with Crippen molar-refractivity contribution >= 4 is 11.6 Å². The fraction of sp³-hybridized carbons (Fsp3) is 0.0588. The lowest BCUT2D eigenvalue weighted by molar-refractivity contribution is 0.884. The van der Waals surface area contributed by atoms with Crippen LogP contribution in [0.4, 0.5) is 0 Å². The molecule has 2 aromatic carbocycles. The maximum atomic E-state index is 9.00. The summed E-state index contributed by atoms with van der Waals surface area (Å²) in [5.41, 5.74) is 4.16. The Kier molecular flexibility index (Phi) is 3.47. The topological polar surface area (TPSA) is 41.6 Å². The van der Waals surface area contributed by atoms with Gasteiger partial charge in [0.05, 0.1) is 23.0 Å². The number of rotatable bonds is 2. The zero-order chi connectivity index (χ0) is 14.8. The number of hydrogen-bond acceptors (Lipinski definition) is 2. The van der Waals surface area contributed by atoms with E-state index in [1.807, 2.05) is 49.4 Å². The molecule has 0 aliphatic rings. The second-order valence-electron chi connectivity index (χ2n) is 4.70. The molecule has 4 heteroatoms. The molecule has 1 heterocycles. The van der Waals surface area contributed by atoms with Gasteiger partial charge in [-0.1, -0.05) is 48.0 Å². The molecule has 3 rings (SSSR count). The number of benzene rings is 2. The number of nitriles is 1. The van der Waals surface area contributed by atoms with Crippen LogP contribution in [0.3, 0.4) is 0 Å². The summed E-state index contributed by atoms with van der Waals surface area (Å²) in [6, 6.07) is 19.3. The Morgan fingerprint density at radius 2 is 1.86 bits per heavy atom. The Hall–Kier alpha value is -2.57. The van der Waals surface area contributed by atoms with Gasteiger partial charge < -0.3 is 0 Å². The number of halogens is 1. The summed E-state index contributed by atoms with van der Waals surface area (Å²) in [5, 5.41) is 14.2. The van der Waals surface area contributed by atoms with Crippen molar-refractivity contribution in [1.82, 2.24) is 9.78 Å². The van der Waals surface area contributed by atoms with Crippen molar-refractivity contribution in [2.24, 2.45) is 0 Å². The van der Waals surface area contributed by atoms with E-state index in [1.54, 1.807) is 16.8 Å². The van der Waals surface area contributed by atoms with E-state index in [2.05, 4.69) is 11.2 Å². The van der Waals surface area contributed by atoms with Gasteiger partial charge >= 0.3 is 0 Å². The average molecular weight is 294 g/mol. The van der Waals surface area contributed by atoms with Crippen LogP contribution < -0.4 is 0 Å². The van der Waals surface area contributed by atoms with E-state index in [0.29, 0.717) is 10.7 Å². The molecule has 0 aliphatic carbocycles. The Balaban J connectivity index is 2.15. The normalized spacial score (nSPS) is 10.3. The predicted octanol–water partition coefficient (Wildman–Crippen LogP) is 4.37. The molecule has 21 heavy (non-hydrogen) atoms. The SMILES string of the molecule is Cc1c(-c2ccccc2)nn(-c2cccc(C#N)c2)c1Cl. The Morgan fingerprint density at radius 3 is 2.57 bits per heavy atom. The zero-order valence-electron chi connectivity index (χ0n) is 11.4. The molecule has 3 nitrogen and oxygen atoms in total. The maximum Gasteiger partial charge on any atom is 0.136 e. The minimum Gasteiger partial charge on any atom is -0.221 e. The first-order chi connectivity index (χ1) is 10.2. The second kappa shape index (κ2) is 5.43. The number of hydrogen-bond donors (Lipinski definition) is 0. The number of aromatic nitrogens is 2. The smallest absolute Gasteiger partial charge is 0.136 e. The van der Waals surface area contributed by atoms with Gasteiger partial charge in [0.1, 0.15) is 5.15 Å². The van der Waals surface area contributed by atoms with Gasteiger partial charge in [-0.05, 0) is 25.1 Å². The highest BCUT2D eigenvalue weighted by Crippen LogP contribution is 2.29. The monoisotopic (exact) mass is 293 g/mol. The standard InChI is InChI=1S/C17H12ClN3/c1-12-16(14-7-3-2-4-8-14)20-21(17(12)18)15-9-5-6-13(10-15)11-19/h2-10H,1H3. The minimum atomic E-state index is 0.559. The summed E-state index contributed by atoms with van der Waals surface area (Å²) in [7, 11) is 0. The van der Waals surface area contributed by atoms with Crippen molar-refractivity contribution in [3.05, 3.63) is 70.9 Å². The molecule has 0 saturated heterocycles. The molecular weight excluding hydrogens is 282 g/mol. The van der Waals surface area contributed by atoms with Crippen LogP contribution in [0.15, 0.2) is 54.6 Å². The van der Waals surface area contributed by atoms with Crippen LogP contribution in [0.25, 0.3) is 16.9 Å². The van der Waals surface area contributed by atoms with Crippen LogP contribution in [-0.2, 0) is 0 Å². The molecule has 0 saturated carbocycles. The van der Waals surface area contributed by atoms with Gasteiger partial charge in [-0.3, -0.25) is 0 Å². The molecule has 0 atom stereocenters. The van der Waals surface area contributed by atoms with E-state index in [0.717, 1.165) is 22.5 Å². The summed E-state index contributed by atoms with van der Waals surface area (Å²) in [4.78, 5) is 0. The van der Waals surface area contributed by atoms with Gasteiger partial charge in [-0.25, -0.2) is 4.68 Å². The van der Waals surface area contributed by atoms with E-state index in [4.69, 9.17) is 16.9 Å². The Bertz CT molecular complexity index is 829. The third kappa shape index (κ3) is 2.42. The molecule has 102 valence electrons. The Labute approximate surface area is 128 Å². The summed E-state index contributed by atoms with van der Waals surface area (Å²) >= 11 is 6.41. The quantitative estimate of drug-likeness (QED) is 0.704.